The Kier molecular flexibility index (Phi) is 7.98. The second-order valence-corrected chi connectivity index (χ2v) is 7.97. The first kappa shape index (κ1) is 17.3. The number of nitrogens with two attached hydrogens (primary N) is 2. The molecule has 1 fully saturated rings. The van der Waals surface area contributed by atoms with Crippen molar-refractivity contribution in [3.8, 4) is 0 Å². The zero-order chi connectivity index (χ0) is 14.8. The fourth-order valence-corrected chi connectivity index (χ4v) is 5.38. The molecule has 6 nitrogen and oxygen atoms in total. The molecule has 4 amide bonds. The smallest absolute Gasteiger partial charge is 0.312 e. The minimum absolute atomic E-state index is 0.205. The van der Waals surface area contributed by atoms with Gasteiger partial charge in [-0.1, -0.05) is 19.3 Å². The Morgan fingerprint density at radius 1 is 0.900 bits per heavy atom. The molecule has 0 aliphatic heterocycles. The van der Waals surface area contributed by atoms with E-state index in [-0.39, 0.29) is 4.08 Å². The topological polar surface area (TPSA) is 110 Å². The highest BCUT2D eigenvalue weighted by Crippen LogP contribution is 2.48. The number of rotatable bonds is 8. The lowest BCUT2D eigenvalue weighted by atomic mass is 10.00. The molecule has 116 valence electrons. The lowest BCUT2D eigenvalue weighted by molar-refractivity contribution is 0.248. The van der Waals surface area contributed by atoms with Gasteiger partial charge in [-0.2, -0.15) is 0 Å². The summed E-state index contributed by atoms with van der Waals surface area (Å²) in [5.41, 5.74) is 10.1. The molecule has 8 heteroatoms. The van der Waals surface area contributed by atoms with Gasteiger partial charge in [0.2, 0.25) is 0 Å². The van der Waals surface area contributed by atoms with Crippen molar-refractivity contribution in [3.63, 3.8) is 0 Å². The summed E-state index contributed by atoms with van der Waals surface area (Å²) in [4.78, 5) is 21.3. The van der Waals surface area contributed by atoms with Crippen molar-refractivity contribution in [3.05, 3.63) is 0 Å². The Morgan fingerprint density at radius 3 is 1.75 bits per heavy atom. The second kappa shape index (κ2) is 9.23. The van der Waals surface area contributed by atoms with Crippen LogP contribution in [0.5, 0.6) is 0 Å². The molecule has 0 unspecified atom stereocenters. The number of thioether (sulfide) groups is 2. The standard InChI is InChI=1S/C12H24N4O2S2/c13-10(17)15-6-8-19-12(4-2-1-3-5-12)20-9-7-16-11(14)18/h1-9H2,(H3,13,15,17)(H3,14,16,18). The first-order chi connectivity index (χ1) is 9.54. The third-order valence-corrected chi connectivity index (χ3v) is 6.54. The quantitative estimate of drug-likeness (QED) is 0.401. The Hall–Kier alpha value is -0.760. The molecule has 0 bridgehead atoms. The highest BCUT2D eigenvalue weighted by atomic mass is 32.2. The number of carbonyl (C=O) groups is 2. The average Bonchev–Trinajstić information content (AvgIpc) is 2.41. The van der Waals surface area contributed by atoms with Gasteiger partial charge < -0.3 is 22.1 Å². The van der Waals surface area contributed by atoms with Gasteiger partial charge in [0, 0.05) is 24.6 Å². The summed E-state index contributed by atoms with van der Waals surface area (Å²) in [6, 6.07) is -0.941. The second-order valence-electron chi connectivity index (χ2n) is 4.75. The number of hydrogen-bond donors (Lipinski definition) is 4. The molecule has 0 aromatic heterocycles. The van der Waals surface area contributed by atoms with Crippen molar-refractivity contribution in [2.45, 2.75) is 36.2 Å². The maximum Gasteiger partial charge on any atom is 0.312 e. The number of nitrogens with one attached hydrogen (secondary N) is 2. The zero-order valence-corrected chi connectivity index (χ0v) is 13.3. The van der Waals surface area contributed by atoms with E-state index in [1.165, 1.54) is 32.1 Å². The van der Waals surface area contributed by atoms with Crippen LogP contribution < -0.4 is 22.1 Å². The van der Waals surface area contributed by atoms with E-state index < -0.39 is 12.1 Å². The number of carbonyl (C=O) groups excluding carboxylic acids is 2. The molecule has 1 saturated carbocycles. The van der Waals surface area contributed by atoms with Crippen molar-refractivity contribution < 1.29 is 9.59 Å². The number of hydrogen-bond acceptors (Lipinski definition) is 4. The van der Waals surface area contributed by atoms with Crippen LogP contribution in [-0.4, -0.2) is 40.7 Å². The Bertz CT molecular complexity index is 299. The Balaban J connectivity index is 2.32. The predicted octanol–water partition coefficient (Wildman–Crippen LogP) is 1.45. The minimum atomic E-state index is -0.471. The molecule has 0 aromatic rings. The predicted molar refractivity (Wildman–Crippen MR) is 85.9 cm³/mol. The molecule has 0 heterocycles. The molecule has 0 spiro atoms. The molecule has 1 rings (SSSR count). The normalized spacial score (nSPS) is 17.4. The number of amides is 4. The molecule has 1 aliphatic carbocycles. The molecule has 0 aromatic carbocycles. The van der Waals surface area contributed by atoms with Crippen molar-refractivity contribution in [1.82, 2.24) is 10.6 Å². The molecule has 1 aliphatic rings. The van der Waals surface area contributed by atoms with E-state index in [1.54, 1.807) is 0 Å². The summed E-state index contributed by atoms with van der Waals surface area (Å²) in [5.74, 6) is 1.72. The van der Waals surface area contributed by atoms with Crippen LogP contribution in [0.25, 0.3) is 0 Å². The molecular weight excluding hydrogens is 296 g/mol. The lowest BCUT2D eigenvalue weighted by Crippen LogP contribution is -2.34. The molecule has 0 saturated heterocycles. The number of primary amides is 2. The van der Waals surface area contributed by atoms with Gasteiger partial charge in [0.05, 0.1) is 4.08 Å². The third kappa shape index (κ3) is 7.14. The van der Waals surface area contributed by atoms with Crippen LogP contribution in [0.4, 0.5) is 9.59 Å². The first-order valence-electron chi connectivity index (χ1n) is 6.89. The lowest BCUT2D eigenvalue weighted by Gasteiger charge is -2.36. The molecule has 20 heavy (non-hydrogen) atoms. The van der Waals surface area contributed by atoms with Gasteiger partial charge in [-0.05, 0) is 12.8 Å². The van der Waals surface area contributed by atoms with Crippen LogP contribution in [-0.2, 0) is 0 Å². The summed E-state index contributed by atoms with van der Waals surface area (Å²) >= 11 is 3.79. The van der Waals surface area contributed by atoms with Gasteiger partial charge in [0.25, 0.3) is 0 Å². The molecule has 0 atom stereocenters. The van der Waals surface area contributed by atoms with Crippen LogP contribution in [0, 0.1) is 0 Å². The SMILES string of the molecule is NC(=O)NCCSC1(SCCNC(N)=O)CCCCC1. The van der Waals surface area contributed by atoms with Gasteiger partial charge in [0.1, 0.15) is 0 Å². The summed E-state index contributed by atoms with van der Waals surface area (Å²) in [7, 11) is 0. The van der Waals surface area contributed by atoms with Crippen LogP contribution in [0.2, 0.25) is 0 Å². The fraction of sp³-hybridized carbons (Fsp3) is 0.833. The summed E-state index contributed by atoms with van der Waals surface area (Å²) in [6.45, 7) is 1.20. The Labute approximate surface area is 128 Å². The van der Waals surface area contributed by atoms with Crippen LogP contribution >= 0.6 is 23.5 Å². The van der Waals surface area contributed by atoms with Crippen LogP contribution in [0.1, 0.15) is 32.1 Å². The van der Waals surface area contributed by atoms with E-state index >= 15 is 0 Å². The zero-order valence-electron chi connectivity index (χ0n) is 11.7. The summed E-state index contributed by atoms with van der Waals surface area (Å²) < 4.78 is 0.205. The van der Waals surface area contributed by atoms with Crippen LogP contribution in [0.15, 0.2) is 0 Å². The molecule has 6 N–H and O–H groups in total. The van der Waals surface area contributed by atoms with Crippen molar-refractivity contribution >= 4 is 35.6 Å². The van der Waals surface area contributed by atoms with Gasteiger partial charge >= 0.3 is 12.1 Å². The van der Waals surface area contributed by atoms with Crippen molar-refractivity contribution in [2.24, 2.45) is 11.5 Å². The Morgan fingerprint density at radius 2 is 1.35 bits per heavy atom. The number of urea groups is 2. The van der Waals surface area contributed by atoms with Crippen molar-refractivity contribution in [1.29, 1.82) is 0 Å². The van der Waals surface area contributed by atoms with E-state index in [9.17, 15) is 9.59 Å². The van der Waals surface area contributed by atoms with Crippen LogP contribution in [0.3, 0.4) is 0 Å². The van der Waals surface area contributed by atoms with Gasteiger partial charge in [0.15, 0.2) is 0 Å². The third-order valence-electron chi connectivity index (χ3n) is 3.15. The largest absolute Gasteiger partial charge is 0.352 e. The highest BCUT2D eigenvalue weighted by molar-refractivity contribution is 8.18. The maximum absolute atomic E-state index is 10.6. The van der Waals surface area contributed by atoms with Gasteiger partial charge in [-0.3, -0.25) is 0 Å². The van der Waals surface area contributed by atoms with E-state index in [2.05, 4.69) is 10.6 Å². The average molecular weight is 320 g/mol. The van der Waals surface area contributed by atoms with Crippen molar-refractivity contribution in [2.75, 3.05) is 24.6 Å². The first-order valence-corrected chi connectivity index (χ1v) is 8.86. The van der Waals surface area contributed by atoms with Gasteiger partial charge in [-0.25, -0.2) is 9.59 Å². The summed E-state index contributed by atoms with van der Waals surface area (Å²) in [5, 5.41) is 5.24. The monoisotopic (exact) mass is 320 g/mol. The minimum Gasteiger partial charge on any atom is -0.352 e. The van der Waals surface area contributed by atoms with Gasteiger partial charge in [-0.15, -0.1) is 23.5 Å². The van der Waals surface area contributed by atoms with E-state index in [4.69, 9.17) is 11.5 Å². The summed E-state index contributed by atoms with van der Waals surface area (Å²) in [6.07, 6.45) is 6.13. The fourth-order valence-electron chi connectivity index (χ4n) is 2.24. The molecule has 0 radical (unpaired) electrons. The maximum atomic E-state index is 10.6. The molecular formula is C12H24N4O2S2. The van der Waals surface area contributed by atoms with E-state index in [0.29, 0.717) is 13.1 Å². The highest BCUT2D eigenvalue weighted by Gasteiger charge is 2.32. The van der Waals surface area contributed by atoms with E-state index in [1.807, 2.05) is 23.5 Å². The van der Waals surface area contributed by atoms with E-state index in [0.717, 1.165) is 11.5 Å².